The van der Waals surface area contributed by atoms with Crippen molar-refractivity contribution < 1.29 is 0 Å². The molecule has 0 unspecified atom stereocenters. The van der Waals surface area contributed by atoms with Crippen LogP contribution in [-0.4, -0.2) is 49.2 Å². The molecular weight excluding hydrogens is 348 g/mol. The maximum atomic E-state index is 6.59. The van der Waals surface area contributed by atoms with Crippen molar-refractivity contribution in [3.8, 4) is 0 Å². The number of rotatable bonds is 7. The van der Waals surface area contributed by atoms with Crippen molar-refractivity contribution >= 4 is 23.0 Å². The Balaban J connectivity index is 1.75. The Morgan fingerprint density at radius 2 is 1.46 bits per heavy atom. The average Bonchev–Trinajstić information content (AvgIpc) is 2.68. The molecule has 0 atom stereocenters. The summed E-state index contributed by atoms with van der Waals surface area (Å²) in [5.74, 6) is 2.84. The van der Waals surface area contributed by atoms with Crippen LogP contribution in [0.1, 0.15) is 27.7 Å². The quantitative estimate of drug-likeness (QED) is 0.791. The van der Waals surface area contributed by atoms with Crippen molar-refractivity contribution in [2.75, 3.05) is 59.7 Å². The maximum absolute atomic E-state index is 6.59. The maximum Gasteiger partial charge on any atom is 0.157 e. The van der Waals surface area contributed by atoms with Crippen LogP contribution in [0.2, 0.25) is 0 Å². The minimum Gasteiger partial charge on any atom is -0.393 e. The number of aromatic nitrogens is 2. The van der Waals surface area contributed by atoms with Gasteiger partial charge in [-0.2, -0.15) is 0 Å². The monoisotopic (exact) mass is 382 g/mol. The van der Waals surface area contributed by atoms with Crippen LogP contribution in [0.4, 0.5) is 23.0 Å². The van der Waals surface area contributed by atoms with Crippen molar-refractivity contribution in [2.45, 2.75) is 27.7 Å². The van der Waals surface area contributed by atoms with E-state index in [1.165, 1.54) is 5.69 Å². The van der Waals surface area contributed by atoms with E-state index in [-0.39, 0.29) is 0 Å². The molecule has 6 heteroatoms. The second kappa shape index (κ2) is 9.13. The van der Waals surface area contributed by atoms with Gasteiger partial charge in [0.25, 0.3) is 0 Å². The van der Waals surface area contributed by atoms with Crippen LogP contribution in [-0.2, 0) is 0 Å². The van der Waals surface area contributed by atoms with E-state index in [9.17, 15) is 0 Å². The third-order valence-electron chi connectivity index (χ3n) is 5.01. The van der Waals surface area contributed by atoms with Crippen LogP contribution in [0.15, 0.2) is 36.7 Å². The Morgan fingerprint density at radius 3 is 2.04 bits per heavy atom. The Bertz CT molecular complexity index is 728. The van der Waals surface area contributed by atoms with Crippen molar-refractivity contribution in [3.63, 3.8) is 0 Å². The molecule has 1 aromatic carbocycles. The van der Waals surface area contributed by atoms with Gasteiger partial charge in [0.05, 0.1) is 0 Å². The molecule has 1 aliphatic heterocycles. The topological polar surface area (TPSA) is 61.5 Å². The lowest BCUT2D eigenvalue weighted by atomic mass is 10.1. The first-order chi connectivity index (χ1) is 13.5. The zero-order chi connectivity index (χ0) is 20.1. The van der Waals surface area contributed by atoms with E-state index in [0.717, 1.165) is 50.9 Å². The SMILES string of the molecule is CC(C)CN(CC(C)C)c1ncnc(N2CCN(c3ccccc3)CC2)c1N. The molecule has 152 valence electrons. The van der Waals surface area contributed by atoms with Gasteiger partial charge >= 0.3 is 0 Å². The summed E-state index contributed by atoms with van der Waals surface area (Å²) in [4.78, 5) is 16.1. The fourth-order valence-corrected chi connectivity index (χ4v) is 3.83. The normalized spacial score (nSPS) is 14.8. The van der Waals surface area contributed by atoms with Crippen LogP contribution in [0.5, 0.6) is 0 Å². The summed E-state index contributed by atoms with van der Waals surface area (Å²) >= 11 is 0. The van der Waals surface area contributed by atoms with Crippen molar-refractivity contribution in [2.24, 2.45) is 11.8 Å². The summed E-state index contributed by atoms with van der Waals surface area (Å²) in [6.45, 7) is 14.6. The van der Waals surface area contributed by atoms with Crippen molar-refractivity contribution in [1.29, 1.82) is 0 Å². The third kappa shape index (κ3) is 4.86. The predicted octanol–water partition coefficient (Wildman–Crippen LogP) is 3.50. The largest absolute Gasteiger partial charge is 0.393 e. The average molecular weight is 383 g/mol. The first-order valence-corrected chi connectivity index (χ1v) is 10.4. The standard InChI is InChI=1S/C22H34N6/c1-17(2)14-28(15-18(3)4)22-20(23)21(24-16-25-22)27-12-10-26(11-13-27)19-8-6-5-7-9-19/h5-9,16-18H,10-15,23H2,1-4H3. The molecule has 2 aromatic rings. The fraction of sp³-hybridized carbons (Fsp3) is 0.545. The van der Waals surface area contributed by atoms with Crippen molar-refractivity contribution in [1.82, 2.24) is 9.97 Å². The van der Waals surface area contributed by atoms with Gasteiger partial charge in [0.15, 0.2) is 11.6 Å². The van der Waals surface area contributed by atoms with Gasteiger partial charge in [-0.05, 0) is 24.0 Å². The number of para-hydroxylation sites is 1. The van der Waals surface area contributed by atoms with E-state index in [1.54, 1.807) is 6.33 Å². The molecule has 0 aliphatic carbocycles. The van der Waals surface area contributed by atoms with Crippen LogP contribution in [0, 0.1) is 11.8 Å². The van der Waals surface area contributed by atoms with Gasteiger partial charge in [-0.15, -0.1) is 0 Å². The van der Waals surface area contributed by atoms with Crippen LogP contribution >= 0.6 is 0 Å². The van der Waals surface area contributed by atoms with E-state index in [2.05, 4.69) is 82.7 Å². The molecule has 28 heavy (non-hydrogen) atoms. The smallest absolute Gasteiger partial charge is 0.157 e. The lowest BCUT2D eigenvalue weighted by Crippen LogP contribution is -2.47. The zero-order valence-corrected chi connectivity index (χ0v) is 17.7. The molecule has 1 aromatic heterocycles. The molecule has 3 rings (SSSR count). The molecule has 1 aliphatic rings. The van der Waals surface area contributed by atoms with E-state index in [1.807, 2.05) is 0 Å². The highest BCUT2D eigenvalue weighted by Gasteiger charge is 2.23. The van der Waals surface area contributed by atoms with E-state index < -0.39 is 0 Å². The highest BCUT2D eigenvalue weighted by atomic mass is 15.3. The summed E-state index contributed by atoms with van der Waals surface area (Å²) < 4.78 is 0. The number of benzene rings is 1. The molecule has 2 heterocycles. The van der Waals surface area contributed by atoms with Crippen LogP contribution < -0.4 is 20.4 Å². The summed E-state index contributed by atoms with van der Waals surface area (Å²) in [5, 5.41) is 0. The summed E-state index contributed by atoms with van der Waals surface area (Å²) in [6.07, 6.45) is 1.66. The number of hydrogen-bond donors (Lipinski definition) is 1. The van der Waals surface area contributed by atoms with Crippen LogP contribution in [0.3, 0.4) is 0 Å². The molecule has 0 saturated carbocycles. The molecular formula is C22H34N6. The minimum absolute atomic E-state index is 0.547. The van der Waals surface area contributed by atoms with Gasteiger partial charge in [-0.1, -0.05) is 45.9 Å². The lowest BCUT2D eigenvalue weighted by molar-refractivity contribution is 0.548. The zero-order valence-electron chi connectivity index (χ0n) is 17.7. The third-order valence-corrected chi connectivity index (χ3v) is 5.01. The highest BCUT2D eigenvalue weighted by molar-refractivity contribution is 5.76. The lowest BCUT2D eigenvalue weighted by Gasteiger charge is -2.37. The number of hydrogen-bond acceptors (Lipinski definition) is 6. The molecule has 6 nitrogen and oxygen atoms in total. The molecule has 0 spiro atoms. The van der Waals surface area contributed by atoms with Gasteiger partial charge in [0.2, 0.25) is 0 Å². The van der Waals surface area contributed by atoms with Gasteiger partial charge in [-0.3, -0.25) is 0 Å². The highest BCUT2D eigenvalue weighted by Crippen LogP contribution is 2.31. The summed E-state index contributed by atoms with van der Waals surface area (Å²) in [7, 11) is 0. The van der Waals surface area contributed by atoms with E-state index in [4.69, 9.17) is 5.73 Å². The Kier molecular flexibility index (Phi) is 6.60. The minimum atomic E-state index is 0.547. The second-order valence-electron chi connectivity index (χ2n) is 8.44. The first-order valence-electron chi connectivity index (χ1n) is 10.4. The van der Waals surface area contributed by atoms with Gasteiger partial charge in [0, 0.05) is 45.0 Å². The number of piperazine rings is 1. The number of nitrogens with two attached hydrogens (primary N) is 1. The summed E-state index contributed by atoms with van der Waals surface area (Å²) in [6, 6.07) is 10.6. The summed E-state index contributed by atoms with van der Waals surface area (Å²) in [5.41, 5.74) is 8.57. The van der Waals surface area contributed by atoms with E-state index in [0.29, 0.717) is 17.5 Å². The fourth-order valence-electron chi connectivity index (χ4n) is 3.83. The number of nitrogens with zero attached hydrogens (tertiary/aromatic N) is 5. The van der Waals surface area contributed by atoms with Crippen molar-refractivity contribution in [3.05, 3.63) is 36.7 Å². The van der Waals surface area contributed by atoms with Gasteiger partial charge in [0.1, 0.15) is 12.0 Å². The number of anilines is 4. The molecule has 0 amide bonds. The Morgan fingerprint density at radius 1 is 0.893 bits per heavy atom. The predicted molar refractivity (Wildman–Crippen MR) is 119 cm³/mol. The van der Waals surface area contributed by atoms with E-state index >= 15 is 0 Å². The molecule has 0 radical (unpaired) electrons. The second-order valence-corrected chi connectivity index (χ2v) is 8.44. The molecule has 0 bridgehead atoms. The molecule has 1 saturated heterocycles. The van der Waals surface area contributed by atoms with Crippen LogP contribution in [0.25, 0.3) is 0 Å². The molecule has 1 fully saturated rings. The molecule has 2 N–H and O–H groups in total. The Hall–Kier alpha value is -2.50. The Labute approximate surface area is 169 Å². The van der Waals surface area contributed by atoms with Gasteiger partial charge < -0.3 is 20.4 Å². The number of nitrogen functional groups attached to an aromatic ring is 1. The van der Waals surface area contributed by atoms with Gasteiger partial charge in [-0.25, -0.2) is 9.97 Å². The first kappa shape index (κ1) is 20.2.